The van der Waals surface area contributed by atoms with E-state index in [9.17, 15) is 18.4 Å². The van der Waals surface area contributed by atoms with Crippen LogP contribution in [0.2, 0.25) is 0 Å². The van der Waals surface area contributed by atoms with Crippen molar-refractivity contribution in [3.05, 3.63) is 23.8 Å². The van der Waals surface area contributed by atoms with E-state index in [1.165, 1.54) is 26.2 Å². The second-order valence-electron chi connectivity index (χ2n) is 3.78. The summed E-state index contributed by atoms with van der Waals surface area (Å²) in [5.41, 5.74) is 0.0663. The second-order valence-corrected chi connectivity index (χ2v) is 3.78. The number of amides is 1. The van der Waals surface area contributed by atoms with Crippen LogP contribution in [0, 0.1) is 0 Å². The molecular weight excluding hydrogens is 276 g/mol. The summed E-state index contributed by atoms with van der Waals surface area (Å²) in [6.45, 7) is -1.72. The molecule has 20 heavy (non-hydrogen) atoms. The standard InChI is InChI=1S/C12H13F2NO5/c1-6(11(17)18)15-10(16)7-3-4-8(20-12(13)14)9(5-7)19-2/h3-6,12H,1-2H3,(H,15,16)(H,17,18)/t6-/m0/s1. The lowest BCUT2D eigenvalue weighted by Gasteiger charge is -2.12. The largest absolute Gasteiger partial charge is 0.493 e. The minimum atomic E-state index is -3.02. The number of carbonyl (C=O) groups is 2. The quantitative estimate of drug-likeness (QED) is 0.829. The van der Waals surface area contributed by atoms with Gasteiger partial charge in [0.1, 0.15) is 6.04 Å². The first-order valence-electron chi connectivity index (χ1n) is 5.51. The smallest absolute Gasteiger partial charge is 0.387 e. The molecule has 1 amide bonds. The molecule has 2 N–H and O–H groups in total. The molecule has 0 aliphatic heterocycles. The first-order chi connectivity index (χ1) is 9.35. The number of nitrogens with one attached hydrogen (secondary N) is 1. The number of halogens is 2. The number of rotatable bonds is 6. The number of hydrogen-bond acceptors (Lipinski definition) is 4. The fourth-order valence-corrected chi connectivity index (χ4v) is 1.34. The van der Waals surface area contributed by atoms with E-state index in [2.05, 4.69) is 10.1 Å². The van der Waals surface area contributed by atoms with Gasteiger partial charge in [0, 0.05) is 5.56 Å². The third-order valence-electron chi connectivity index (χ3n) is 2.36. The predicted octanol–water partition coefficient (Wildman–Crippen LogP) is 1.50. The molecule has 0 saturated heterocycles. The molecular formula is C12H13F2NO5. The van der Waals surface area contributed by atoms with Crippen molar-refractivity contribution >= 4 is 11.9 Å². The number of benzene rings is 1. The Balaban J connectivity index is 2.92. The van der Waals surface area contributed by atoms with Gasteiger partial charge in [0.25, 0.3) is 5.91 Å². The highest BCUT2D eigenvalue weighted by Crippen LogP contribution is 2.29. The van der Waals surface area contributed by atoms with E-state index in [0.717, 1.165) is 6.07 Å². The molecule has 1 atom stereocenters. The lowest BCUT2D eigenvalue weighted by atomic mass is 10.1. The van der Waals surface area contributed by atoms with Gasteiger partial charge in [-0.3, -0.25) is 9.59 Å². The number of carboxylic acids is 1. The molecule has 0 aliphatic rings. The van der Waals surface area contributed by atoms with Crippen LogP contribution >= 0.6 is 0 Å². The number of hydrogen-bond donors (Lipinski definition) is 2. The van der Waals surface area contributed by atoms with Crippen molar-refractivity contribution < 1.29 is 33.0 Å². The van der Waals surface area contributed by atoms with Gasteiger partial charge in [-0.25, -0.2) is 0 Å². The molecule has 110 valence electrons. The number of aliphatic carboxylic acids is 1. The minimum Gasteiger partial charge on any atom is -0.493 e. The Morgan fingerprint density at radius 1 is 1.30 bits per heavy atom. The maximum atomic E-state index is 12.1. The molecule has 0 heterocycles. The highest BCUT2D eigenvalue weighted by molar-refractivity contribution is 5.97. The Kier molecular flexibility index (Phi) is 5.24. The van der Waals surface area contributed by atoms with E-state index < -0.39 is 24.5 Å². The molecule has 0 saturated carbocycles. The number of ether oxygens (including phenoxy) is 2. The van der Waals surface area contributed by atoms with Crippen molar-refractivity contribution in [2.24, 2.45) is 0 Å². The molecule has 1 rings (SSSR count). The summed E-state index contributed by atoms with van der Waals surface area (Å²) in [5.74, 6) is -2.13. The van der Waals surface area contributed by atoms with Gasteiger partial charge in [0.05, 0.1) is 7.11 Å². The van der Waals surface area contributed by atoms with E-state index in [1.54, 1.807) is 0 Å². The van der Waals surface area contributed by atoms with Crippen LogP contribution in [0.15, 0.2) is 18.2 Å². The van der Waals surface area contributed by atoms with Gasteiger partial charge in [0.15, 0.2) is 11.5 Å². The van der Waals surface area contributed by atoms with Crippen molar-refractivity contribution in [2.75, 3.05) is 7.11 Å². The molecule has 1 aromatic rings. The van der Waals surface area contributed by atoms with Crippen LogP contribution in [-0.4, -0.2) is 36.7 Å². The molecule has 0 radical (unpaired) electrons. The molecule has 8 heteroatoms. The van der Waals surface area contributed by atoms with Crippen molar-refractivity contribution in [3.8, 4) is 11.5 Å². The molecule has 0 unspecified atom stereocenters. The van der Waals surface area contributed by atoms with Gasteiger partial charge in [-0.05, 0) is 25.1 Å². The molecule has 0 fully saturated rings. The van der Waals surface area contributed by atoms with E-state index in [1.807, 2.05) is 0 Å². The molecule has 0 bridgehead atoms. The number of carbonyl (C=O) groups excluding carboxylic acids is 1. The number of methoxy groups -OCH3 is 1. The Morgan fingerprint density at radius 2 is 1.95 bits per heavy atom. The Labute approximate surface area is 113 Å². The predicted molar refractivity (Wildman–Crippen MR) is 64.2 cm³/mol. The molecule has 0 aromatic heterocycles. The SMILES string of the molecule is COc1cc(C(=O)N[C@@H](C)C(=O)O)ccc1OC(F)F. The molecule has 0 aliphatic carbocycles. The van der Waals surface area contributed by atoms with Gasteiger partial charge in [-0.2, -0.15) is 8.78 Å². The normalized spacial score (nSPS) is 11.8. The minimum absolute atomic E-state index is 0.0547. The topological polar surface area (TPSA) is 84.9 Å². The summed E-state index contributed by atoms with van der Waals surface area (Å²) >= 11 is 0. The summed E-state index contributed by atoms with van der Waals surface area (Å²) in [7, 11) is 1.23. The highest BCUT2D eigenvalue weighted by atomic mass is 19.3. The molecule has 6 nitrogen and oxygen atoms in total. The lowest BCUT2D eigenvalue weighted by molar-refractivity contribution is -0.138. The van der Waals surface area contributed by atoms with Crippen LogP contribution in [-0.2, 0) is 4.79 Å². The maximum Gasteiger partial charge on any atom is 0.387 e. The van der Waals surface area contributed by atoms with E-state index in [4.69, 9.17) is 9.84 Å². The lowest BCUT2D eigenvalue weighted by Crippen LogP contribution is -2.38. The monoisotopic (exact) mass is 289 g/mol. The Bertz CT molecular complexity index is 507. The fraction of sp³-hybridized carbons (Fsp3) is 0.333. The van der Waals surface area contributed by atoms with Crippen LogP contribution in [0.3, 0.4) is 0 Å². The van der Waals surface area contributed by atoms with Crippen molar-refractivity contribution in [1.82, 2.24) is 5.32 Å². The average Bonchev–Trinajstić information content (AvgIpc) is 2.38. The highest BCUT2D eigenvalue weighted by Gasteiger charge is 2.18. The fourth-order valence-electron chi connectivity index (χ4n) is 1.34. The number of carboxylic acid groups (broad SMARTS) is 1. The second kappa shape index (κ2) is 6.69. The van der Waals surface area contributed by atoms with Crippen LogP contribution in [0.1, 0.15) is 17.3 Å². The van der Waals surface area contributed by atoms with Crippen LogP contribution in [0.4, 0.5) is 8.78 Å². The summed E-state index contributed by atoms with van der Waals surface area (Å²) in [5, 5.41) is 10.9. The van der Waals surface area contributed by atoms with Gasteiger partial charge in [-0.1, -0.05) is 0 Å². The molecule has 0 spiro atoms. The van der Waals surface area contributed by atoms with E-state index >= 15 is 0 Å². The van der Waals surface area contributed by atoms with Crippen molar-refractivity contribution in [2.45, 2.75) is 19.6 Å². The van der Waals surface area contributed by atoms with Gasteiger partial charge >= 0.3 is 12.6 Å². The van der Waals surface area contributed by atoms with Crippen molar-refractivity contribution in [1.29, 1.82) is 0 Å². The first kappa shape index (κ1) is 15.7. The summed E-state index contributed by atoms with van der Waals surface area (Å²) in [4.78, 5) is 22.4. The number of alkyl halides is 2. The third-order valence-corrected chi connectivity index (χ3v) is 2.36. The molecule has 1 aromatic carbocycles. The Morgan fingerprint density at radius 3 is 2.45 bits per heavy atom. The van der Waals surface area contributed by atoms with E-state index in [0.29, 0.717) is 0 Å². The van der Waals surface area contributed by atoms with Gasteiger partial charge in [-0.15, -0.1) is 0 Å². The zero-order valence-corrected chi connectivity index (χ0v) is 10.7. The first-order valence-corrected chi connectivity index (χ1v) is 5.51. The zero-order valence-electron chi connectivity index (χ0n) is 10.7. The summed E-state index contributed by atoms with van der Waals surface area (Å²) in [6.07, 6.45) is 0. The Hall–Kier alpha value is -2.38. The van der Waals surface area contributed by atoms with Crippen LogP contribution in [0.5, 0.6) is 11.5 Å². The summed E-state index contributed by atoms with van der Waals surface area (Å²) < 4.78 is 33.3. The summed E-state index contributed by atoms with van der Waals surface area (Å²) in [6, 6.07) is 2.47. The van der Waals surface area contributed by atoms with Crippen LogP contribution < -0.4 is 14.8 Å². The van der Waals surface area contributed by atoms with Gasteiger partial charge in [0.2, 0.25) is 0 Å². The maximum absolute atomic E-state index is 12.1. The van der Waals surface area contributed by atoms with E-state index in [-0.39, 0.29) is 17.1 Å². The van der Waals surface area contributed by atoms with Crippen molar-refractivity contribution in [3.63, 3.8) is 0 Å². The van der Waals surface area contributed by atoms with Crippen LogP contribution in [0.25, 0.3) is 0 Å². The third kappa shape index (κ3) is 4.08. The average molecular weight is 289 g/mol. The van der Waals surface area contributed by atoms with Gasteiger partial charge < -0.3 is 19.9 Å². The zero-order chi connectivity index (χ0) is 15.3.